The summed E-state index contributed by atoms with van der Waals surface area (Å²) in [4.78, 5) is 25.0. The predicted octanol–water partition coefficient (Wildman–Crippen LogP) is 4.37. The van der Waals surface area contributed by atoms with E-state index in [-0.39, 0.29) is 18.1 Å². The third-order valence-electron chi connectivity index (χ3n) is 5.25. The number of carbonyl (C=O) groups is 2. The van der Waals surface area contributed by atoms with Gasteiger partial charge in [0.25, 0.3) is 0 Å². The number of ether oxygens (including phenoxy) is 2. The summed E-state index contributed by atoms with van der Waals surface area (Å²) in [7, 11) is 0. The molecule has 2 aliphatic rings. The maximum Gasteiger partial charge on any atom is 0.338 e. The van der Waals surface area contributed by atoms with Crippen molar-refractivity contribution >= 4 is 12.0 Å². The van der Waals surface area contributed by atoms with Crippen molar-refractivity contribution in [2.45, 2.75) is 70.9 Å². The van der Waals surface area contributed by atoms with E-state index in [1.807, 2.05) is 24.3 Å². The second-order valence-corrected chi connectivity index (χ2v) is 7.51. The molecule has 1 aliphatic carbocycles. The Hall–Kier alpha value is -2.50. The van der Waals surface area contributed by atoms with Gasteiger partial charge in [0.15, 0.2) is 0 Å². The SMILES string of the molecule is CCCOc1ccc(C2NC(=O)NC(C)=C2C(=O)OC2CCCCCC2)cc1. The van der Waals surface area contributed by atoms with Gasteiger partial charge in [-0.1, -0.05) is 31.9 Å². The highest BCUT2D eigenvalue weighted by atomic mass is 16.5. The van der Waals surface area contributed by atoms with Crippen LogP contribution in [-0.2, 0) is 9.53 Å². The average molecular weight is 386 g/mol. The zero-order valence-electron chi connectivity index (χ0n) is 16.8. The molecule has 6 heteroatoms. The van der Waals surface area contributed by atoms with E-state index in [0.29, 0.717) is 17.9 Å². The van der Waals surface area contributed by atoms with Crippen molar-refractivity contribution in [1.82, 2.24) is 10.6 Å². The lowest BCUT2D eigenvalue weighted by Gasteiger charge is -2.29. The minimum absolute atomic E-state index is 0.0432. The normalized spacial score (nSPS) is 20.8. The number of rotatable bonds is 6. The maximum atomic E-state index is 13.0. The topological polar surface area (TPSA) is 76.7 Å². The molecule has 1 unspecified atom stereocenters. The van der Waals surface area contributed by atoms with Crippen LogP contribution in [0.25, 0.3) is 0 Å². The van der Waals surface area contributed by atoms with E-state index >= 15 is 0 Å². The molecule has 0 saturated heterocycles. The van der Waals surface area contributed by atoms with Crippen molar-refractivity contribution in [3.63, 3.8) is 0 Å². The van der Waals surface area contributed by atoms with Crippen molar-refractivity contribution in [3.8, 4) is 5.75 Å². The second-order valence-electron chi connectivity index (χ2n) is 7.51. The molecule has 1 aromatic carbocycles. The number of allylic oxidation sites excluding steroid dienone is 1. The first-order valence-corrected chi connectivity index (χ1v) is 10.3. The number of carbonyl (C=O) groups excluding carboxylic acids is 2. The fraction of sp³-hybridized carbons (Fsp3) is 0.545. The first-order chi connectivity index (χ1) is 13.6. The molecule has 1 fully saturated rings. The molecule has 6 nitrogen and oxygen atoms in total. The quantitative estimate of drug-likeness (QED) is 0.562. The predicted molar refractivity (Wildman–Crippen MR) is 107 cm³/mol. The summed E-state index contributed by atoms with van der Waals surface area (Å²) in [5.74, 6) is 0.419. The molecule has 0 aromatic heterocycles. The first kappa shape index (κ1) is 20.2. The van der Waals surface area contributed by atoms with E-state index < -0.39 is 6.04 Å². The molecule has 1 saturated carbocycles. The highest BCUT2D eigenvalue weighted by Crippen LogP contribution is 2.30. The maximum absolute atomic E-state index is 13.0. The third-order valence-corrected chi connectivity index (χ3v) is 5.25. The molecule has 1 aliphatic heterocycles. The van der Waals surface area contributed by atoms with Gasteiger partial charge < -0.3 is 20.1 Å². The number of urea groups is 1. The van der Waals surface area contributed by atoms with E-state index in [9.17, 15) is 9.59 Å². The Morgan fingerprint density at radius 3 is 2.43 bits per heavy atom. The van der Waals surface area contributed by atoms with Crippen LogP contribution in [0.2, 0.25) is 0 Å². The van der Waals surface area contributed by atoms with Gasteiger partial charge >= 0.3 is 12.0 Å². The molecule has 0 spiro atoms. The van der Waals surface area contributed by atoms with Gasteiger partial charge in [-0.2, -0.15) is 0 Å². The first-order valence-electron chi connectivity index (χ1n) is 10.3. The summed E-state index contributed by atoms with van der Waals surface area (Å²) in [6, 6.07) is 6.64. The van der Waals surface area contributed by atoms with Crippen LogP contribution in [0.3, 0.4) is 0 Å². The zero-order chi connectivity index (χ0) is 19.9. The molecule has 1 atom stereocenters. The molecular formula is C22H30N2O4. The molecular weight excluding hydrogens is 356 g/mol. The minimum Gasteiger partial charge on any atom is -0.494 e. The van der Waals surface area contributed by atoms with Gasteiger partial charge in [0.2, 0.25) is 0 Å². The molecule has 2 amide bonds. The van der Waals surface area contributed by atoms with E-state index in [4.69, 9.17) is 9.47 Å². The Kier molecular flexibility index (Phi) is 6.95. The lowest BCUT2D eigenvalue weighted by molar-refractivity contribution is -0.145. The van der Waals surface area contributed by atoms with Crippen LogP contribution in [-0.4, -0.2) is 24.7 Å². The molecule has 2 N–H and O–H groups in total. The molecule has 28 heavy (non-hydrogen) atoms. The smallest absolute Gasteiger partial charge is 0.338 e. The highest BCUT2D eigenvalue weighted by Gasteiger charge is 2.33. The Morgan fingerprint density at radius 2 is 1.79 bits per heavy atom. The third kappa shape index (κ3) is 5.06. The van der Waals surface area contributed by atoms with Crippen LogP contribution < -0.4 is 15.4 Å². The fourth-order valence-electron chi connectivity index (χ4n) is 3.77. The number of benzene rings is 1. The molecule has 1 aromatic rings. The molecule has 1 heterocycles. The second kappa shape index (κ2) is 9.62. The minimum atomic E-state index is -0.535. The van der Waals surface area contributed by atoms with Crippen LogP contribution >= 0.6 is 0 Å². The molecule has 0 radical (unpaired) electrons. The summed E-state index contributed by atoms with van der Waals surface area (Å²) in [6.45, 7) is 4.45. The highest BCUT2D eigenvalue weighted by molar-refractivity contribution is 5.95. The van der Waals surface area contributed by atoms with E-state index in [0.717, 1.165) is 43.4 Å². The van der Waals surface area contributed by atoms with Crippen LogP contribution in [0.15, 0.2) is 35.5 Å². The van der Waals surface area contributed by atoms with Crippen LogP contribution in [0.5, 0.6) is 5.75 Å². The van der Waals surface area contributed by atoms with Gasteiger partial charge in [0, 0.05) is 5.70 Å². The Morgan fingerprint density at radius 1 is 1.11 bits per heavy atom. The standard InChI is InChI=1S/C22H30N2O4/c1-3-14-27-17-12-10-16(11-13-17)20-19(15(2)23-22(26)24-20)21(25)28-18-8-6-4-5-7-9-18/h10-13,18,20H,3-9,14H2,1-2H3,(H2,23,24,26). The monoisotopic (exact) mass is 386 g/mol. The van der Waals surface area contributed by atoms with Crippen molar-refractivity contribution in [3.05, 3.63) is 41.1 Å². The van der Waals surface area contributed by atoms with Crippen LogP contribution in [0.1, 0.15) is 70.4 Å². The number of amides is 2. The summed E-state index contributed by atoms with van der Waals surface area (Å²) in [5, 5.41) is 5.56. The Labute approximate surface area is 166 Å². The average Bonchev–Trinajstić information content (AvgIpc) is 2.94. The summed E-state index contributed by atoms with van der Waals surface area (Å²) < 4.78 is 11.5. The zero-order valence-corrected chi connectivity index (χ0v) is 16.8. The van der Waals surface area contributed by atoms with Crippen molar-refractivity contribution in [2.75, 3.05) is 6.61 Å². The van der Waals surface area contributed by atoms with Gasteiger partial charge in [-0.05, 0) is 56.7 Å². The van der Waals surface area contributed by atoms with Crippen molar-refractivity contribution in [2.24, 2.45) is 0 Å². The molecule has 0 bridgehead atoms. The fourth-order valence-corrected chi connectivity index (χ4v) is 3.77. The van der Waals surface area contributed by atoms with E-state index in [2.05, 4.69) is 17.6 Å². The Balaban J connectivity index is 1.78. The number of nitrogens with one attached hydrogen (secondary N) is 2. The summed E-state index contributed by atoms with van der Waals surface area (Å²) >= 11 is 0. The van der Waals surface area contributed by atoms with Crippen LogP contribution in [0, 0.1) is 0 Å². The summed E-state index contributed by atoms with van der Waals surface area (Å²) in [6.07, 6.45) is 7.29. The lowest BCUT2D eigenvalue weighted by Crippen LogP contribution is -2.45. The molecule has 3 rings (SSSR count). The van der Waals surface area contributed by atoms with Gasteiger partial charge in [-0.25, -0.2) is 9.59 Å². The van der Waals surface area contributed by atoms with Crippen molar-refractivity contribution in [1.29, 1.82) is 0 Å². The number of hydrogen-bond acceptors (Lipinski definition) is 4. The Bertz CT molecular complexity index is 719. The van der Waals surface area contributed by atoms with Gasteiger partial charge in [-0.15, -0.1) is 0 Å². The van der Waals surface area contributed by atoms with E-state index in [1.165, 1.54) is 12.8 Å². The van der Waals surface area contributed by atoms with Gasteiger partial charge in [0.05, 0.1) is 18.2 Å². The van der Waals surface area contributed by atoms with Crippen molar-refractivity contribution < 1.29 is 19.1 Å². The van der Waals surface area contributed by atoms with Gasteiger partial charge in [0.1, 0.15) is 11.9 Å². The summed E-state index contributed by atoms with van der Waals surface area (Å²) in [5.41, 5.74) is 1.83. The number of esters is 1. The van der Waals surface area contributed by atoms with Gasteiger partial charge in [-0.3, -0.25) is 0 Å². The van der Waals surface area contributed by atoms with E-state index in [1.54, 1.807) is 6.92 Å². The van der Waals surface area contributed by atoms with Crippen LogP contribution in [0.4, 0.5) is 4.79 Å². The lowest BCUT2D eigenvalue weighted by atomic mass is 9.95. The number of hydrogen-bond donors (Lipinski definition) is 2. The largest absolute Gasteiger partial charge is 0.494 e. The molecule has 152 valence electrons.